The Hall–Kier alpha value is -1.87. The van der Waals surface area contributed by atoms with Crippen LogP contribution in [0.25, 0.3) is 17.0 Å². The quantitative estimate of drug-likeness (QED) is 0.645. The van der Waals surface area contributed by atoms with Crippen LogP contribution in [0.2, 0.25) is 0 Å². The van der Waals surface area contributed by atoms with Crippen LogP contribution < -0.4 is 9.57 Å². The van der Waals surface area contributed by atoms with Gasteiger partial charge in [0, 0.05) is 16.4 Å². The highest BCUT2D eigenvalue weighted by Crippen LogP contribution is 2.20. The van der Waals surface area contributed by atoms with Gasteiger partial charge in [-0.1, -0.05) is 24.3 Å². The normalized spacial score (nSPS) is 11.2. The van der Waals surface area contributed by atoms with Gasteiger partial charge < -0.3 is 5.11 Å². The summed E-state index contributed by atoms with van der Waals surface area (Å²) in [5.74, 6) is 0. The Kier molecular flexibility index (Phi) is 3.40. The smallest absolute Gasteiger partial charge is 0.265 e. The number of pyridine rings is 1. The van der Waals surface area contributed by atoms with E-state index in [0.717, 1.165) is 16.5 Å². The van der Waals surface area contributed by atoms with Crippen LogP contribution in [0.4, 0.5) is 0 Å². The van der Waals surface area contributed by atoms with Crippen molar-refractivity contribution >= 4 is 17.0 Å². The molecule has 0 atom stereocenters. The molecule has 0 radical (unpaired) electrons. The van der Waals surface area contributed by atoms with Crippen molar-refractivity contribution in [2.45, 2.75) is 13.8 Å². The Labute approximate surface area is 101 Å². The van der Waals surface area contributed by atoms with Crippen LogP contribution in [0.1, 0.15) is 18.1 Å². The Morgan fingerprint density at radius 1 is 1.35 bits per heavy atom. The van der Waals surface area contributed by atoms with E-state index in [1.54, 1.807) is 4.73 Å². The van der Waals surface area contributed by atoms with Crippen LogP contribution in [0, 0.1) is 6.92 Å². The van der Waals surface area contributed by atoms with Gasteiger partial charge in [-0.2, -0.15) is 0 Å². The predicted molar refractivity (Wildman–Crippen MR) is 67.3 cm³/mol. The number of allylic oxidation sites excluding steroid dienone is 1. The topological polar surface area (TPSA) is 33.3 Å². The van der Waals surface area contributed by atoms with Crippen molar-refractivity contribution in [3.63, 3.8) is 0 Å². The molecule has 0 unspecified atom stereocenters. The number of aliphatic hydroxyl groups excluding tert-OH is 1. The number of fused-ring (bicyclic) bond motifs is 1. The molecule has 0 aliphatic rings. The maximum atomic E-state index is 8.89. The number of aromatic nitrogens is 1. The molecule has 1 aromatic heterocycles. The summed E-state index contributed by atoms with van der Waals surface area (Å²) in [6.07, 6.45) is 5.99. The summed E-state index contributed by atoms with van der Waals surface area (Å²) in [5, 5.41) is 10.00. The number of aryl methyl sites for hydroxylation is 1. The van der Waals surface area contributed by atoms with Crippen molar-refractivity contribution < 1.29 is 14.7 Å². The fourth-order valence-corrected chi connectivity index (χ4v) is 1.98. The number of aliphatic hydroxyl groups is 1. The molecule has 0 saturated carbocycles. The zero-order chi connectivity index (χ0) is 12.3. The lowest BCUT2D eigenvalue weighted by atomic mass is 10.0. The van der Waals surface area contributed by atoms with Crippen molar-refractivity contribution in [2.24, 2.45) is 0 Å². The number of nitrogens with zero attached hydrogens (tertiary/aromatic N) is 1. The molecule has 3 heteroatoms. The molecule has 1 aromatic carbocycles. The highest BCUT2D eigenvalue weighted by Gasteiger charge is 2.15. The molecule has 0 bridgehead atoms. The van der Waals surface area contributed by atoms with Crippen molar-refractivity contribution in [1.29, 1.82) is 0 Å². The lowest BCUT2D eigenvalue weighted by molar-refractivity contribution is -0.877. The SMILES string of the molecule is C/C=C\c1c(C)c[n+](OCO)c2ccccc12. The van der Waals surface area contributed by atoms with E-state index >= 15 is 0 Å². The van der Waals surface area contributed by atoms with E-state index in [4.69, 9.17) is 9.94 Å². The summed E-state index contributed by atoms with van der Waals surface area (Å²) in [7, 11) is 0. The van der Waals surface area contributed by atoms with Gasteiger partial charge in [-0.3, -0.25) is 0 Å². The van der Waals surface area contributed by atoms with E-state index in [1.165, 1.54) is 5.56 Å². The average Bonchev–Trinajstić information content (AvgIpc) is 2.34. The van der Waals surface area contributed by atoms with Crippen molar-refractivity contribution in [3.8, 4) is 0 Å². The van der Waals surface area contributed by atoms with Gasteiger partial charge in [-0.25, -0.2) is 4.84 Å². The minimum atomic E-state index is -0.336. The maximum Gasteiger partial charge on any atom is 0.265 e. The molecular formula is C14H16NO2+. The molecule has 0 aliphatic carbocycles. The number of para-hydroxylation sites is 1. The Bertz CT molecular complexity index is 561. The second-order valence-electron chi connectivity index (χ2n) is 3.83. The lowest BCUT2D eigenvalue weighted by Gasteiger charge is -2.05. The molecule has 2 rings (SSSR count). The van der Waals surface area contributed by atoms with Gasteiger partial charge in [0.05, 0.1) is 5.39 Å². The van der Waals surface area contributed by atoms with Crippen LogP contribution in [0.15, 0.2) is 36.5 Å². The van der Waals surface area contributed by atoms with E-state index in [0.29, 0.717) is 0 Å². The van der Waals surface area contributed by atoms with Gasteiger partial charge in [0.15, 0.2) is 0 Å². The molecule has 0 spiro atoms. The maximum absolute atomic E-state index is 8.89. The van der Waals surface area contributed by atoms with Gasteiger partial charge in [-0.15, -0.1) is 0 Å². The molecule has 2 aromatic rings. The molecule has 0 amide bonds. The number of benzene rings is 1. The van der Waals surface area contributed by atoms with E-state index in [1.807, 2.05) is 44.3 Å². The molecule has 88 valence electrons. The highest BCUT2D eigenvalue weighted by atomic mass is 16.7. The molecule has 17 heavy (non-hydrogen) atoms. The molecule has 3 nitrogen and oxygen atoms in total. The summed E-state index contributed by atoms with van der Waals surface area (Å²) in [6.45, 7) is 3.69. The van der Waals surface area contributed by atoms with Gasteiger partial charge in [0.2, 0.25) is 6.20 Å². The number of rotatable bonds is 3. The summed E-state index contributed by atoms with van der Waals surface area (Å²) in [5.41, 5.74) is 3.23. The molecular weight excluding hydrogens is 214 g/mol. The van der Waals surface area contributed by atoms with Crippen molar-refractivity contribution in [2.75, 3.05) is 6.79 Å². The first-order chi connectivity index (χ1) is 8.27. The lowest BCUT2D eigenvalue weighted by Crippen LogP contribution is -2.44. The molecule has 0 aliphatic heterocycles. The second-order valence-corrected chi connectivity index (χ2v) is 3.83. The zero-order valence-electron chi connectivity index (χ0n) is 10.1. The third-order valence-electron chi connectivity index (χ3n) is 2.70. The van der Waals surface area contributed by atoms with Crippen LogP contribution in [-0.4, -0.2) is 11.9 Å². The monoisotopic (exact) mass is 230 g/mol. The molecule has 0 fully saturated rings. The first kappa shape index (κ1) is 11.6. The predicted octanol–water partition coefficient (Wildman–Crippen LogP) is 1.85. The molecule has 1 heterocycles. The zero-order valence-corrected chi connectivity index (χ0v) is 10.1. The Morgan fingerprint density at radius 2 is 2.12 bits per heavy atom. The van der Waals surface area contributed by atoms with E-state index in [9.17, 15) is 0 Å². The van der Waals surface area contributed by atoms with Crippen molar-refractivity contribution in [3.05, 3.63) is 47.7 Å². The fraction of sp³-hybridized carbons (Fsp3) is 0.214. The first-order valence-corrected chi connectivity index (χ1v) is 5.58. The average molecular weight is 230 g/mol. The second kappa shape index (κ2) is 4.97. The van der Waals surface area contributed by atoms with Crippen LogP contribution in [-0.2, 0) is 0 Å². The van der Waals surface area contributed by atoms with E-state index < -0.39 is 0 Å². The number of hydrogen-bond acceptors (Lipinski definition) is 2. The summed E-state index contributed by atoms with van der Waals surface area (Å²) in [6, 6.07) is 7.97. The number of hydrogen-bond donors (Lipinski definition) is 1. The Balaban J connectivity index is 2.76. The van der Waals surface area contributed by atoms with E-state index in [-0.39, 0.29) is 6.79 Å². The minimum absolute atomic E-state index is 0.336. The third kappa shape index (κ3) is 2.15. The van der Waals surface area contributed by atoms with Gasteiger partial charge in [-0.05, 0) is 25.5 Å². The molecule has 1 N–H and O–H groups in total. The summed E-state index contributed by atoms with van der Waals surface area (Å²) >= 11 is 0. The summed E-state index contributed by atoms with van der Waals surface area (Å²) < 4.78 is 1.61. The fourth-order valence-electron chi connectivity index (χ4n) is 1.98. The highest BCUT2D eigenvalue weighted by molar-refractivity contribution is 5.86. The van der Waals surface area contributed by atoms with Gasteiger partial charge >= 0.3 is 0 Å². The first-order valence-electron chi connectivity index (χ1n) is 5.58. The van der Waals surface area contributed by atoms with Gasteiger partial charge in [0.25, 0.3) is 12.3 Å². The molecule has 0 saturated heterocycles. The van der Waals surface area contributed by atoms with Crippen molar-refractivity contribution in [1.82, 2.24) is 0 Å². The minimum Gasteiger partial charge on any atom is -0.356 e. The van der Waals surface area contributed by atoms with Crippen LogP contribution in [0.5, 0.6) is 0 Å². The van der Waals surface area contributed by atoms with Gasteiger partial charge in [0.1, 0.15) is 0 Å². The van der Waals surface area contributed by atoms with Crippen LogP contribution in [0.3, 0.4) is 0 Å². The van der Waals surface area contributed by atoms with Crippen LogP contribution >= 0.6 is 0 Å². The summed E-state index contributed by atoms with van der Waals surface area (Å²) in [4.78, 5) is 5.18. The standard InChI is InChI=1S/C14H16NO2/c1-3-6-12-11(2)9-15(17-10-16)14-8-5-4-7-13(12)14/h3-9,16H,10H2,1-2H3/q+1/b6-3-. The Morgan fingerprint density at radius 3 is 2.82 bits per heavy atom. The third-order valence-corrected chi connectivity index (χ3v) is 2.70. The van der Waals surface area contributed by atoms with E-state index in [2.05, 4.69) is 12.1 Å². The largest absolute Gasteiger partial charge is 0.356 e.